The topological polar surface area (TPSA) is 59.1 Å². The molecule has 6 heteroatoms. The fourth-order valence-corrected chi connectivity index (χ4v) is 1.18. The summed E-state index contributed by atoms with van der Waals surface area (Å²) in [6, 6.07) is 0. The Morgan fingerprint density at radius 3 is 2.69 bits per heavy atom. The Morgan fingerprint density at radius 2 is 2.23 bits per heavy atom. The molecule has 0 atom stereocenters. The van der Waals surface area contributed by atoms with Crippen molar-refractivity contribution in [3.05, 3.63) is 22.5 Å². The summed E-state index contributed by atoms with van der Waals surface area (Å²) in [6.07, 6.45) is -1.85. The molecule has 1 aromatic rings. The van der Waals surface area contributed by atoms with E-state index in [-0.39, 0.29) is 22.9 Å². The Morgan fingerprint density at radius 1 is 1.62 bits per heavy atom. The monoisotopic (exact) mass is 208 g/mol. The summed E-state index contributed by atoms with van der Waals surface area (Å²) in [4.78, 5) is 3.30. The highest BCUT2D eigenvalue weighted by atomic mass is 35.5. The molecule has 0 aliphatic rings. The molecule has 3 N–H and O–H groups in total. The number of hydrogen-bond acceptors (Lipinski definition) is 3. The van der Waals surface area contributed by atoms with Gasteiger partial charge in [0.15, 0.2) is 0 Å². The average molecular weight is 209 g/mol. The highest BCUT2D eigenvalue weighted by molar-refractivity contribution is 6.32. The van der Waals surface area contributed by atoms with Crippen LogP contribution in [0.2, 0.25) is 5.02 Å². The minimum absolute atomic E-state index is 0.0898. The van der Waals surface area contributed by atoms with E-state index in [4.69, 9.17) is 22.4 Å². The molecule has 0 aromatic carbocycles. The Bertz CT molecular complexity index is 320. The fourth-order valence-electron chi connectivity index (χ4n) is 0.879. The van der Waals surface area contributed by atoms with Crippen LogP contribution in [0.4, 0.5) is 8.78 Å². The van der Waals surface area contributed by atoms with Crippen LogP contribution >= 0.6 is 11.6 Å². The maximum Gasteiger partial charge on any atom is 0.281 e. The summed E-state index contributed by atoms with van der Waals surface area (Å²) in [5.74, 6) is -0.267. The zero-order valence-corrected chi connectivity index (χ0v) is 7.22. The van der Waals surface area contributed by atoms with E-state index in [0.29, 0.717) is 0 Å². The normalized spacial score (nSPS) is 10.8. The van der Waals surface area contributed by atoms with Gasteiger partial charge in [-0.15, -0.1) is 0 Å². The molecule has 0 saturated carbocycles. The number of aromatic nitrogens is 1. The lowest BCUT2D eigenvalue weighted by Gasteiger charge is -2.07. The Labute approximate surface area is 78.1 Å². The molecule has 1 rings (SSSR count). The summed E-state index contributed by atoms with van der Waals surface area (Å²) in [6.45, 7) is -0.104. The van der Waals surface area contributed by atoms with Gasteiger partial charge in [0.2, 0.25) is 0 Å². The summed E-state index contributed by atoms with van der Waals surface area (Å²) < 4.78 is 24.4. The lowest BCUT2D eigenvalue weighted by Crippen LogP contribution is -2.02. The predicted octanol–water partition coefficient (Wildman–Crippen LogP) is 1.84. The first-order chi connectivity index (χ1) is 6.07. The molecule has 0 saturated heterocycles. The van der Waals surface area contributed by atoms with Gasteiger partial charge in [-0.2, -0.15) is 0 Å². The van der Waals surface area contributed by atoms with E-state index in [1.165, 1.54) is 0 Å². The van der Waals surface area contributed by atoms with Gasteiger partial charge < -0.3 is 10.8 Å². The van der Waals surface area contributed by atoms with Gasteiger partial charge in [-0.25, -0.2) is 13.8 Å². The third-order valence-corrected chi connectivity index (χ3v) is 1.96. The molecule has 1 aromatic heterocycles. The van der Waals surface area contributed by atoms with E-state index in [1.807, 2.05) is 0 Å². The van der Waals surface area contributed by atoms with Crippen LogP contribution in [0.3, 0.4) is 0 Å². The van der Waals surface area contributed by atoms with E-state index in [1.54, 1.807) is 0 Å². The predicted molar refractivity (Wildman–Crippen MR) is 43.8 cm³/mol. The molecule has 0 aliphatic heterocycles. The van der Waals surface area contributed by atoms with Crippen molar-refractivity contribution in [1.82, 2.24) is 4.98 Å². The summed E-state index contributed by atoms with van der Waals surface area (Å²) in [5, 5.41) is 8.86. The molecular formula is C7H7ClF2N2O. The van der Waals surface area contributed by atoms with Crippen LogP contribution in [0.5, 0.6) is 5.75 Å². The van der Waals surface area contributed by atoms with E-state index in [9.17, 15) is 8.78 Å². The van der Waals surface area contributed by atoms with Gasteiger partial charge in [0.05, 0.1) is 11.2 Å². The zero-order valence-electron chi connectivity index (χ0n) is 6.47. The summed E-state index contributed by atoms with van der Waals surface area (Å²) >= 11 is 5.53. The van der Waals surface area contributed by atoms with Gasteiger partial charge in [0.1, 0.15) is 11.4 Å². The third-order valence-electron chi connectivity index (χ3n) is 1.54. The maximum absolute atomic E-state index is 12.2. The smallest absolute Gasteiger partial charge is 0.281 e. The number of aromatic hydroxyl groups is 1. The molecule has 3 nitrogen and oxygen atoms in total. The van der Waals surface area contributed by atoms with Crippen LogP contribution in [-0.2, 0) is 6.54 Å². The lowest BCUT2D eigenvalue weighted by atomic mass is 10.2. The molecule has 72 valence electrons. The number of hydrogen-bond donors (Lipinski definition) is 2. The van der Waals surface area contributed by atoms with Gasteiger partial charge in [-0.1, -0.05) is 11.6 Å². The molecule has 0 aliphatic carbocycles. The van der Waals surface area contributed by atoms with Gasteiger partial charge in [-0.3, -0.25) is 0 Å². The lowest BCUT2D eigenvalue weighted by molar-refractivity contribution is 0.146. The van der Waals surface area contributed by atoms with E-state index in [2.05, 4.69) is 4.98 Å². The van der Waals surface area contributed by atoms with Crippen LogP contribution in [0.1, 0.15) is 17.7 Å². The van der Waals surface area contributed by atoms with Crippen LogP contribution < -0.4 is 5.73 Å². The molecule has 1 heterocycles. The van der Waals surface area contributed by atoms with Crippen molar-refractivity contribution in [3.63, 3.8) is 0 Å². The third kappa shape index (κ3) is 1.87. The highest BCUT2D eigenvalue weighted by Gasteiger charge is 2.18. The van der Waals surface area contributed by atoms with E-state index < -0.39 is 12.1 Å². The molecule has 0 unspecified atom stereocenters. The van der Waals surface area contributed by atoms with Crippen LogP contribution in [0.15, 0.2) is 6.20 Å². The van der Waals surface area contributed by atoms with Gasteiger partial charge in [0.25, 0.3) is 6.43 Å². The maximum atomic E-state index is 12.2. The molecule has 0 fully saturated rings. The van der Waals surface area contributed by atoms with Crippen molar-refractivity contribution in [2.24, 2.45) is 5.73 Å². The summed E-state index contributed by atoms with van der Waals surface area (Å²) in [5.41, 5.74) is 4.74. The van der Waals surface area contributed by atoms with Crippen LogP contribution in [0, 0.1) is 0 Å². The largest absolute Gasteiger partial charge is 0.506 e. The van der Waals surface area contributed by atoms with Crippen molar-refractivity contribution in [2.75, 3.05) is 0 Å². The number of alkyl halides is 2. The average Bonchev–Trinajstić information content (AvgIpc) is 2.04. The van der Waals surface area contributed by atoms with Crippen molar-refractivity contribution in [1.29, 1.82) is 0 Å². The molecule has 0 radical (unpaired) electrons. The molecule has 0 bridgehead atoms. The molecule has 13 heavy (non-hydrogen) atoms. The van der Waals surface area contributed by atoms with Crippen molar-refractivity contribution < 1.29 is 13.9 Å². The second kappa shape index (κ2) is 3.85. The zero-order chi connectivity index (χ0) is 10.0. The van der Waals surface area contributed by atoms with Gasteiger partial charge >= 0.3 is 0 Å². The van der Waals surface area contributed by atoms with E-state index >= 15 is 0 Å². The second-order valence-electron chi connectivity index (χ2n) is 2.33. The fraction of sp³-hybridized carbons (Fsp3) is 0.286. The van der Waals surface area contributed by atoms with Crippen LogP contribution in [0.25, 0.3) is 0 Å². The number of pyridine rings is 1. The number of nitrogens with two attached hydrogens (primary N) is 1. The molecular weight excluding hydrogens is 202 g/mol. The SMILES string of the molecule is NCc1c(O)cnc(C(F)F)c1Cl. The van der Waals surface area contributed by atoms with Crippen molar-refractivity contribution in [3.8, 4) is 5.75 Å². The standard InChI is InChI=1S/C7H7ClF2N2O/c8-5-3(1-11)4(13)2-12-6(5)7(9)10/h2,7,13H,1,11H2. The van der Waals surface area contributed by atoms with Gasteiger partial charge in [-0.05, 0) is 0 Å². The quantitative estimate of drug-likeness (QED) is 0.780. The Hall–Kier alpha value is -0.940. The van der Waals surface area contributed by atoms with E-state index in [0.717, 1.165) is 6.20 Å². The molecule has 0 amide bonds. The minimum atomic E-state index is -2.77. The van der Waals surface area contributed by atoms with Gasteiger partial charge in [0, 0.05) is 12.1 Å². The Kier molecular flexibility index (Phi) is 3.00. The van der Waals surface area contributed by atoms with Crippen molar-refractivity contribution >= 4 is 11.6 Å². The number of nitrogens with zero attached hydrogens (tertiary/aromatic N) is 1. The first-order valence-corrected chi connectivity index (χ1v) is 3.80. The number of rotatable bonds is 2. The summed E-state index contributed by atoms with van der Waals surface area (Å²) in [7, 11) is 0. The minimum Gasteiger partial charge on any atom is -0.506 e. The highest BCUT2D eigenvalue weighted by Crippen LogP contribution is 2.31. The second-order valence-corrected chi connectivity index (χ2v) is 2.70. The number of halogens is 3. The Balaban J connectivity index is 3.27. The first kappa shape index (κ1) is 10.1. The van der Waals surface area contributed by atoms with Crippen molar-refractivity contribution in [2.45, 2.75) is 13.0 Å². The first-order valence-electron chi connectivity index (χ1n) is 3.42. The van der Waals surface area contributed by atoms with Crippen LogP contribution in [-0.4, -0.2) is 10.1 Å². The molecule has 0 spiro atoms.